The van der Waals surface area contributed by atoms with Crippen LogP contribution in [0.3, 0.4) is 0 Å². The summed E-state index contributed by atoms with van der Waals surface area (Å²) in [4.78, 5) is 0. The molecule has 0 bridgehead atoms. The molecule has 7 atom stereocenters. The smallest absolute Gasteiger partial charge is 0.00461 e. The van der Waals surface area contributed by atoms with E-state index < -0.39 is 0 Å². The molecular formula is C21H39N. The van der Waals surface area contributed by atoms with Gasteiger partial charge in [0.25, 0.3) is 0 Å². The molecule has 3 aliphatic carbocycles. The van der Waals surface area contributed by atoms with Gasteiger partial charge >= 0.3 is 0 Å². The molecule has 3 saturated carbocycles. The molecule has 0 spiro atoms. The third kappa shape index (κ3) is 2.87. The molecule has 128 valence electrons. The number of hydrogen-bond acceptors (Lipinski definition) is 1. The van der Waals surface area contributed by atoms with Crippen molar-refractivity contribution in [3.63, 3.8) is 0 Å². The largest absolute Gasteiger partial charge is 0.330 e. The molecule has 0 saturated heterocycles. The van der Waals surface area contributed by atoms with Crippen LogP contribution in [0.5, 0.6) is 0 Å². The summed E-state index contributed by atoms with van der Waals surface area (Å²) in [5.74, 6) is 6.85. The molecule has 3 aliphatic rings. The Bertz CT molecular complexity index is 370. The third-order valence-electron chi connectivity index (χ3n) is 7.94. The van der Waals surface area contributed by atoms with Crippen LogP contribution < -0.4 is 5.73 Å². The van der Waals surface area contributed by atoms with Crippen LogP contribution in [-0.4, -0.2) is 6.54 Å². The monoisotopic (exact) mass is 305 g/mol. The summed E-state index contributed by atoms with van der Waals surface area (Å²) in [5, 5.41) is 0. The van der Waals surface area contributed by atoms with Crippen molar-refractivity contribution in [3.8, 4) is 0 Å². The Balaban J connectivity index is 1.55. The van der Waals surface area contributed by atoms with Crippen LogP contribution in [0.25, 0.3) is 0 Å². The van der Waals surface area contributed by atoms with Crippen molar-refractivity contribution in [1.82, 2.24) is 0 Å². The van der Waals surface area contributed by atoms with Crippen LogP contribution >= 0.6 is 0 Å². The van der Waals surface area contributed by atoms with Crippen molar-refractivity contribution < 1.29 is 0 Å². The van der Waals surface area contributed by atoms with Gasteiger partial charge in [-0.05, 0) is 85.5 Å². The lowest BCUT2D eigenvalue weighted by molar-refractivity contribution is 0.103. The van der Waals surface area contributed by atoms with Crippen LogP contribution in [0.2, 0.25) is 0 Å². The maximum atomic E-state index is 6.21. The minimum Gasteiger partial charge on any atom is -0.330 e. The molecule has 0 amide bonds. The van der Waals surface area contributed by atoms with Crippen molar-refractivity contribution in [1.29, 1.82) is 0 Å². The van der Waals surface area contributed by atoms with E-state index in [1.807, 2.05) is 0 Å². The lowest BCUT2D eigenvalue weighted by atomic mass is 9.66. The van der Waals surface area contributed by atoms with Gasteiger partial charge in [0.05, 0.1) is 0 Å². The highest BCUT2D eigenvalue weighted by Crippen LogP contribution is 2.78. The fourth-order valence-corrected chi connectivity index (χ4v) is 6.76. The molecule has 7 unspecified atom stereocenters. The van der Waals surface area contributed by atoms with Crippen molar-refractivity contribution in [3.05, 3.63) is 0 Å². The van der Waals surface area contributed by atoms with Gasteiger partial charge in [0.2, 0.25) is 0 Å². The molecule has 3 fully saturated rings. The van der Waals surface area contributed by atoms with Crippen molar-refractivity contribution >= 4 is 0 Å². The zero-order valence-electron chi connectivity index (χ0n) is 15.5. The fourth-order valence-electron chi connectivity index (χ4n) is 6.76. The second kappa shape index (κ2) is 6.46. The van der Waals surface area contributed by atoms with Crippen molar-refractivity contribution in [2.24, 2.45) is 52.6 Å². The zero-order valence-corrected chi connectivity index (χ0v) is 15.5. The first-order valence-electron chi connectivity index (χ1n) is 10.2. The highest BCUT2D eigenvalue weighted by atomic mass is 14.8. The molecule has 1 nitrogen and oxygen atoms in total. The molecule has 0 aromatic heterocycles. The quantitative estimate of drug-likeness (QED) is 0.631. The highest BCUT2D eigenvalue weighted by Gasteiger charge is 2.72. The van der Waals surface area contributed by atoms with E-state index in [1.54, 1.807) is 6.42 Å². The lowest BCUT2D eigenvalue weighted by Crippen LogP contribution is -2.33. The van der Waals surface area contributed by atoms with Crippen LogP contribution in [0.4, 0.5) is 0 Å². The SMILES string of the molecule is CCC(C(CN)CCCC(C)C)C1CCC2C3C(C1)CC23C. The third-order valence-corrected chi connectivity index (χ3v) is 7.94. The van der Waals surface area contributed by atoms with E-state index in [0.717, 1.165) is 53.4 Å². The summed E-state index contributed by atoms with van der Waals surface area (Å²) in [6.45, 7) is 10.6. The Morgan fingerprint density at radius 2 is 1.95 bits per heavy atom. The van der Waals surface area contributed by atoms with Crippen LogP contribution in [-0.2, 0) is 0 Å². The summed E-state index contributed by atoms with van der Waals surface area (Å²) in [6.07, 6.45) is 11.6. The highest BCUT2D eigenvalue weighted by molar-refractivity contribution is 5.20. The summed E-state index contributed by atoms with van der Waals surface area (Å²) in [5.41, 5.74) is 7.02. The maximum Gasteiger partial charge on any atom is -0.00461 e. The molecule has 22 heavy (non-hydrogen) atoms. The summed E-state index contributed by atoms with van der Waals surface area (Å²) >= 11 is 0. The molecule has 3 rings (SSSR count). The Labute approximate surface area is 138 Å². The number of fused-ring (bicyclic) bond motifs is 1. The molecule has 1 heteroatoms. The summed E-state index contributed by atoms with van der Waals surface area (Å²) in [7, 11) is 0. The summed E-state index contributed by atoms with van der Waals surface area (Å²) in [6, 6.07) is 0. The van der Waals surface area contributed by atoms with Gasteiger partial charge in [-0.1, -0.05) is 47.0 Å². The predicted octanol–water partition coefficient (Wildman–Crippen LogP) is 5.49. The van der Waals surface area contributed by atoms with Gasteiger partial charge in [0, 0.05) is 0 Å². The average Bonchev–Trinajstić information content (AvgIpc) is 3.00. The van der Waals surface area contributed by atoms with Gasteiger partial charge in [0.1, 0.15) is 0 Å². The second-order valence-electron chi connectivity index (χ2n) is 9.57. The second-order valence-corrected chi connectivity index (χ2v) is 9.57. The number of rotatable bonds is 8. The maximum absolute atomic E-state index is 6.21. The van der Waals surface area contributed by atoms with E-state index >= 15 is 0 Å². The normalized spacial score (nSPS) is 42.3. The van der Waals surface area contributed by atoms with E-state index in [2.05, 4.69) is 27.7 Å². The van der Waals surface area contributed by atoms with Gasteiger partial charge in [0.15, 0.2) is 0 Å². The van der Waals surface area contributed by atoms with Crippen LogP contribution in [0.1, 0.15) is 79.1 Å². The molecule has 0 aliphatic heterocycles. The van der Waals surface area contributed by atoms with Crippen LogP contribution in [0, 0.1) is 46.8 Å². The first-order valence-corrected chi connectivity index (χ1v) is 10.2. The first-order chi connectivity index (χ1) is 10.5. The molecule has 0 heterocycles. The Morgan fingerprint density at radius 3 is 2.59 bits per heavy atom. The van der Waals surface area contributed by atoms with Gasteiger partial charge < -0.3 is 5.73 Å². The molecule has 0 aromatic rings. The lowest BCUT2D eigenvalue weighted by Gasteiger charge is -2.40. The standard InChI is InChI=1S/C21H39N/c1-5-18(16(13-22)8-6-7-14(2)3)15-9-10-19-20-17(11-15)12-21(19,20)4/h14-20H,5-13,22H2,1-4H3. The Kier molecular flexibility index (Phi) is 4.93. The minimum atomic E-state index is 0.787. The fraction of sp³-hybridized carbons (Fsp3) is 1.00. The molecule has 0 radical (unpaired) electrons. The molecule has 2 N–H and O–H groups in total. The van der Waals surface area contributed by atoms with Gasteiger partial charge in [-0.15, -0.1) is 0 Å². The van der Waals surface area contributed by atoms with E-state index in [0.29, 0.717) is 0 Å². The average molecular weight is 306 g/mol. The number of hydrogen-bond donors (Lipinski definition) is 1. The topological polar surface area (TPSA) is 26.0 Å². The Hall–Kier alpha value is -0.0400. The van der Waals surface area contributed by atoms with E-state index in [4.69, 9.17) is 5.73 Å². The van der Waals surface area contributed by atoms with Gasteiger partial charge in [-0.3, -0.25) is 0 Å². The minimum absolute atomic E-state index is 0.787. The molecule has 0 aromatic carbocycles. The van der Waals surface area contributed by atoms with E-state index in [-0.39, 0.29) is 0 Å². The van der Waals surface area contributed by atoms with Crippen molar-refractivity contribution in [2.75, 3.05) is 6.54 Å². The van der Waals surface area contributed by atoms with Gasteiger partial charge in [-0.2, -0.15) is 0 Å². The predicted molar refractivity (Wildman–Crippen MR) is 95.5 cm³/mol. The van der Waals surface area contributed by atoms with Crippen molar-refractivity contribution in [2.45, 2.75) is 79.1 Å². The molecular weight excluding hydrogens is 266 g/mol. The van der Waals surface area contributed by atoms with E-state index in [1.165, 1.54) is 44.9 Å². The summed E-state index contributed by atoms with van der Waals surface area (Å²) < 4.78 is 0. The number of nitrogens with two attached hydrogens (primary N) is 1. The first kappa shape index (κ1) is 16.8. The zero-order chi connectivity index (χ0) is 15.9. The van der Waals surface area contributed by atoms with Gasteiger partial charge in [-0.25, -0.2) is 0 Å². The van der Waals surface area contributed by atoms with E-state index in [9.17, 15) is 0 Å². The van der Waals surface area contributed by atoms with Crippen LogP contribution in [0.15, 0.2) is 0 Å². The Morgan fingerprint density at radius 1 is 1.18 bits per heavy atom.